The molecule has 0 aromatic heterocycles. The highest BCUT2D eigenvalue weighted by Crippen LogP contribution is 2.32. The summed E-state index contributed by atoms with van der Waals surface area (Å²) in [6.07, 6.45) is 1.24. The summed E-state index contributed by atoms with van der Waals surface area (Å²) in [6.45, 7) is 18.1. The van der Waals surface area contributed by atoms with Gasteiger partial charge in [-0.1, -0.05) is 60.2 Å². The second kappa shape index (κ2) is 5.85. The molecular weight excluding hydrogens is 240 g/mol. The normalized spacial score (nSPS) is 21.3. The third kappa shape index (κ3) is 5.21. The van der Waals surface area contributed by atoms with Gasteiger partial charge in [0.05, 0.1) is 6.54 Å². The molecule has 0 radical (unpaired) electrons. The van der Waals surface area contributed by atoms with Gasteiger partial charge in [0.1, 0.15) is 0 Å². The van der Waals surface area contributed by atoms with Crippen molar-refractivity contribution >= 4 is 16.9 Å². The minimum atomic E-state index is 0.325. The Balaban J connectivity index is 2.35. The Bertz CT molecular complexity index is 300. The molecule has 0 aliphatic carbocycles. The molecule has 1 rings (SSSR count). The molecule has 1 atom stereocenters. The van der Waals surface area contributed by atoms with Gasteiger partial charge >= 0.3 is 0 Å². The van der Waals surface area contributed by atoms with Gasteiger partial charge in [-0.15, -0.1) is 0 Å². The van der Waals surface area contributed by atoms with E-state index in [0.717, 1.165) is 18.3 Å². The summed E-state index contributed by atoms with van der Waals surface area (Å²) in [5.41, 5.74) is 0.727. The van der Waals surface area contributed by atoms with Crippen molar-refractivity contribution in [1.29, 1.82) is 0 Å². The van der Waals surface area contributed by atoms with Crippen LogP contribution >= 0.6 is 11.8 Å². The summed E-state index contributed by atoms with van der Waals surface area (Å²) in [5.74, 6) is 0.683. The van der Waals surface area contributed by atoms with Crippen molar-refractivity contribution in [3.8, 4) is 0 Å². The molecular formula is C15H30N2S. The van der Waals surface area contributed by atoms with Crippen LogP contribution in [0.1, 0.15) is 54.9 Å². The molecule has 1 aliphatic rings. The molecule has 1 N–H and O–H groups in total. The molecule has 0 fully saturated rings. The number of rotatable bonds is 4. The summed E-state index contributed by atoms with van der Waals surface area (Å²) in [7, 11) is 0. The molecule has 0 bridgehead atoms. The molecule has 3 heteroatoms. The average Bonchev–Trinajstić information content (AvgIpc) is 2.60. The molecule has 1 unspecified atom stereocenters. The van der Waals surface area contributed by atoms with Crippen LogP contribution in [0.25, 0.3) is 0 Å². The first-order valence-corrected chi connectivity index (χ1v) is 7.93. The average molecular weight is 270 g/mol. The molecule has 0 aromatic rings. The molecule has 1 heterocycles. The van der Waals surface area contributed by atoms with Gasteiger partial charge in [0.2, 0.25) is 0 Å². The predicted octanol–water partition coefficient (Wildman–Crippen LogP) is 4.17. The van der Waals surface area contributed by atoms with Gasteiger partial charge in [0.15, 0.2) is 5.17 Å². The fourth-order valence-electron chi connectivity index (χ4n) is 1.81. The number of nitrogens with one attached hydrogen (secondary N) is 1. The maximum atomic E-state index is 4.63. The van der Waals surface area contributed by atoms with E-state index in [9.17, 15) is 0 Å². The number of hydrogen-bond donors (Lipinski definition) is 1. The van der Waals surface area contributed by atoms with E-state index in [1.807, 2.05) is 11.8 Å². The molecule has 1 aliphatic heterocycles. The first-order valence-electron chi connectivity index (χ1n) is 7.05. The van der Waals surface area contributed by atoms with Crippen molar-refractivity contribution in [2.24, 2.45) is 21.7 Å². The Morgan fingerprint density at radius 1 is 1.28 bits per heavy atom. The zero-order valence-electron chi connectivity index (χ0n) is 13.1. The summed E-state index contributed by atoms with van der Waals surface area (Å²) >= 11 is 1.93. The fourth-order valence-corrected chi connectivity index (χ4v) is 3.16. The minimum absolute atomic E-state index is 0.325. The summed E-state index contributed by atoms with van der Waals surface area (Å²) in [5, 5.41) is 5.34. The van der Waals surface area contributed by atoms with E-state index >= 15 is 0 Å². The van der Waals surface area contributed by atoms with E-state index < -0.39 is 0 Å². The zero-order chi connectivity index (χ0) is 14.0. The maximum absolute atomic E-state index is 4.63. The monoisotopic (exact) mass is 270 g/mol. The highest BCUT2D eigenvalue weighted by Gasteiger charge is 2.27. The van der Waals surface area contributed by atoms with E-state index in [4.69, 9.17) is 0 Å². The van der Waals surface area contributed by atoms with Crippen molar-refractivity contribution in [3.63, 3.8) is 0 Å². The number of thioether (sulfide) groups is 1. The summed E-state index contributed by atoms with van der Waals surface area (Å²) < 4.78 is 0. The van der Waals surface area contributed by atoms with E-state index in [0.29, 0.717) is 22.0 Å². The highest BCUT2D eigenvalue weighted by molar-refractivity contribution is 8.14. The van der Waals surface area contributed by atoms with E-state index in [1.165, 1.54) is 6.42 Å². The number of aliphatic imine (C=N–C) groups is 1. The van der Waals surface area contributed by atoms with Crippen LogP contribution in [0.3, 0.4) is 0 Å². The van der Waals surface area contributed by atoms with Gasteiger partial charge in [0, 0.05) is 11.8 Å². The van der Waals surface area contributed by atoms with E-state index in [-0.39, 0.29) is 0 Å². The van der Waals surface area contributed by atoms with Crippen LogP contribution in [-0.4, -0.2) is 23.5 Å². The van der Waals surface area contributed by atoms with Crippen LogP contribution in [0.4, 0.5) is 0 Å². The van der Waals surface area contributed by atoms with Crippen molar-refractivity contribution in [3.05, 3.63) is 0 Å². The van der Waals surface area contributed by atoms with Crippen LogP contribution in [0.5, 0.6) is 0 Å². The van der Waals surface area contributed by atoms with Gasteiger partial charge < -0.3 is 5.32 Å². The van der Waals surface area contributed by atoms with Crippen molar-refractivity contribution in [2.45, 2.75) is 60.1 Å². The van der Waals surface area contributed by atoms with Crippen molar-refractivity contribution in [1.82, 2.24) is 5.32 Å². The number of nitrogens with zero attached hydrogens (tertiary/aromatic N) is 1. The number of amidine groups is 1. The van der Waals surface area contributed by atoms with Crippen molar-refractivity contribution in [2.75, 3.05) is 13.1 Å². The highest BCUT2D eigenvalue weighted by atomic mass is 32.2. The van der Waals surface area contributed by atoms with Crippen LogP contribution in [-0.2, 0) is 0 Å². The van der Waals surface area contributed by atoms with Gasteiger partial charge in [-0.3, -0.25) is 4.99 Å². The Morgan fingerprint density at radius 2 is 1.89 bits per heavy atom. The topological polar surface area (TPSA) is 24.4 Å². The molecule has 106 valence electrons. The Labute approximate surface area is 117 Å². The maximum Gasteiger partial charge on any atom is 0.156 e. The SMILES string of the molecule is CC(C)C(C)(C)CNC1=NCC(CC(C)(C)C)S1. The van der Waals surface area contributed by atoms with E-state index in [1.54, 1.807) is 0 Å². The smallest absolute Gasteiger partial charge is 0.156 e. The third-order valence-corrected chi connectivity index (χ3v) is 4.96. The summed E-state index contributed by atoms with van der Waals surface area (Å²) in [4.78, 5) is 4.63. The Morgan fingerprint density at radius 3 is 2.39 bits per heavy atom. The second-order valence-electron chi connectivity index (χ2n) is 7.65. The predicted molar refractivity (Wildman–Crippen MR) is 84.4 cm³/mol. The van der Waals surface area contributed by atoms with Crippen LogP contribution in [0.15, 0.2) is 4.99 Å². The Hall–Kier alpha value is -0.180. The molecule has 2 nitrogen and oxygen atoms in total. The van der Waals surface area contributed by atoms with Crippen LogP contribution < -0.4 is 5.32 Å². The standard InChI is InChI=1S/C15H30N2S/c1-11(2)15(6,7)10-17-13-16-9-12(18-13)8-14(3,4)5/h11-12H,8-10H2,1-7H3,(H,16,17). The largest absolute Gasteiger partial charge is 0.364 e. The van der Waals surface area contributed by atoms with E-state index in [2.05, 4.69) is 58.8 Å². The van der Waals surface area contributed by atoms with Gasteiger partial charge in [-0.2, -0.15) is 0 Å². The summed E-state index contributed by atoms with van der Waals surface area (Å²) in [6, 6.07) is 0. The lowest BCUT2D eigenvalue weighted by molar-refractivity contribution is 0.251. The number of hydrogen-bond acceptors (Lipinski definition) is 3. The fraction of sp³-hybridized carbons (Fsp3) is 0.933. The van der Waals surface area contributed by atoms with Gasteiger partial charge in [-0.25, -0.2) is 0 Å². The lowest BCUT2D eigenvalue weighted by atomic mass is 9.81. The van der Waals surface area contributed by atoms with Gasteiger partial charge in [0.25, 0.3) is 0 Å². The molecule has 0 aromatic carbocycles. The Kier molecular flexibility index (Phi) is 5.16. The van der Waals surface area contributed by atoms with Crippen LogP contribution in [0, 0.1) is 16.7 Å². The molecule has 0 saturated heterocycles. The first-order chi connectivity index (χ1) is 8.10. The zero-order valence-corrected chi connectivity index (χ0v) is 13.9. The lowest BCUT2D eigenvalue weighted by Gasteiger charge is -2.29. The molecule has 0 amide bonds. The lowest BCUT2D eigenvalue weighted by Crippen LogP contribution is -2.35. The molecule has 0 saturated carbocycles. The second-order valence-corrected chi connectivity index (χ2v) is 8.94. The van der Waals surface area contributed by atoms with Crippen molar-refractivity contribution < 1.29 is 0 Å². The third-order valence-electron chi connectivity index (χ3n) is 3.82. The quantitative estimate of drug-likeness (QED) is 0.829. The minimum Gasteiger partial charge on any atom is -0.364 e. The van der Waals surface area contributed by atoms with Crippen LogP contribution in [0.2, 0.25) is 0 Å². The van der Waals surface area contributed by atoms with Gasteiger partial charge in [-0.05, 0) is 23.2 Å². The molecule has 0 spiro atoms. The molecule has 18 heavy (non-hydrogen) atoms. The first kappa shape index (κ1) is 15.9.